The van der Waals surface area contributed by atoms with Crippen molar-refractivity contribution in [2.75, 3.05) is 18.0 Å². The molecular weight excluding hydrogens is 273 g/mol. The van der Waals surface area contributed by atoms with Crippen LogP contribution in [0.5, 0.6) is 0 Å². The van der Waals surface area contributed by atoms with Crippen LogP contribution >= 0.6 is 0 Å². The van der Waals surface area contributed by atoms with Crippen LogP contribution in [0.4, 0.5) is 19.0 Å². The van der Waals surface area contributed by atoms with E-state index in [4.69, 9.17) is 5.11 Å². The molecule has 4 nitrogen and oxygen atoms in total. The monoisotopic (exact) mass is 288 g/mol. The van der Waals surface area contributed by atoms with E-state index in [2.05, 4.69) is 4.98 Å². The number of carboxylic acids is 1. The van der Waals surface area contributed by atoms with Gasteiger partial charge in [0.1, 0.15) is 5.82 Å². The van der Waals surface area contributed by atoms with E-state index in [1.165, 1.54) is 6.07 Å². The average Bonchev–Trinajstić information content (AvgIpc) is 2.38. The van der Waals surface area contributed by atoms with Crippen molar-refractivity contribution in [2.45, 2.75) is 25.9 Å². The van der Waals surface area contributed by atoms with E-state index in [-0.39, 0.29) is 0 Å². The summed E-state index contributed by atoms with van der Waals surface area (Å²) < 4.78 is 37.3. The molecule has 1 aliphatic heterocycles. The van der Waals surface area contributed by atoms with Crippen LogP contribution in [0.15, 0.2) is 18.3 Å². The van der Waals surface area contributed by atoms with Gasteiger partial charge in [0.05, 0.1) is 11.0 Å². The zero-order valence-electron chi connectivity index (χ0n) is 10.9. The molecule has 1 fully saturated rings. The number of pyridine rings is 1. The van der Waals surface area contributed by atoms with Gasteiger partial charge in [-0.1, -0.05) is 0 Å². The molecule has 1 aromatic rings. The molecule has 1 saturated heterocycles. The number of aromatic nitrogens is 1. The third-order valence-corrected chi connectivity index (χ3v) is 3.78. The smallest absolute Gasteiger partial charge is 0.417 e. The maximum absolute atomic E-state index is 12.4. The van der Waals surface area contributed by atoms with E-state index in [1.54, 1.807) is 6.92 Å². The zero-order valence-corrected chi connectivity index (χ0v) is 10.9. The first-order valence-corrected chi connectivity index (χ1v) is 6.24. The van der Waals surface area contributed by atoms with Crippen LogP contribution in [0.25, 0.3) is 0 Å². The second-order valence-electron chi connectivity index (χ2n) is 5.26. The Morgan fingerprint density at radius 3 is 2.35 bits per heavy atom. The summed E-state index contributed by atoms with van der Waals surface area (Å²) in [6.07, 6.45) is -2.69. The Morgan fingerprint density at radius 2 is 1.95 bits per heavy atom. The van der Waals surface area contributed by atoms with E-state index in [0.717, 1.165) is 12.3 Å². The molecule has 7 heteroatoms. The molecule has 0 unspecified atom stereocenters. The summed E-state index contributed by atoms with van der Waals surface area (Å²) in [7, 11) is 0. The maximum Gasteiger partial charge on any atom is 0.417 e. The van der Waals surface area contributed by atoms with Crippen LogP contribution in [0.1, 0.15) is 25.3 Å². The standard InChI is InChI=1S/C13H15F3N2O2/c1-12(11(19)20)4-6-18(7-5-12)10-3-2-9(8-17-10)13(14,15)16/h2-3,8H,4-7H2,1H3,(H,19,20). The highest BCUT2D eigenvalue weighted by Gasteiger charge is 2.37. The number of hydrogen-bond acceptors (Lipinski definition) is 3. The molecule has 0 aliphatic carbocycles. The van der Waals surface area contributed by atoms with Gasteiger partial charge >= 0.3 is 12.1 Å². The van der Waals surface area contributed by atoms with Crippen molar-refractivity contribution in [2.24, 2.45) is 5.41 Å². The fourth-order valence-electron chi connectivity index (χ4n) is 2.18. The van der Waals surface area contributed by atoms with Crippen molar-refractivity contribution in [1.29, 1.82) is 0 Å². The highest BCUT2D eigenvalue weighted by atomic mass is 19.4. The Kier molecular flexibility index (Phi) is 3.62. The molecule has 0 spiro atoms. The van der Waals surface area contributed by atoms with Crippen LogP contribution < -0.4 is 4.90 Å². The van der Waals surface area contributed by atoms with E-state index >= 15 is 0 Å². The van der Waals surface area contributed by atoms with Crippen molar-refractivity contribution in [1.82, 2.24) is 4.98 Å². The highest BCUT2D eigenvalue weighted by Crippen LogP contribution is 2.34. The van der Waals surface area contributed by atoms with Crippen LogP contribution in [0, 0.1) is 5.41 Å². The molecule has 1 aromatic heterocycles. The van der Waals surface area contributed by atoms with Gasteiger partial charge in [-0.15, -0.1) is 0 Å². The van der Waals surface area contributed by atoms with Crippen LogP contribution in [-0.4, -0.2) is 29.1 Å². The lowest BCUT2D eigenvalue weighted by molar-refractivity contribution is -0.149. The van der Waals surface area contributed by atoms with Gasteiger partial charge in [-0.3, -0.25) is 4.79 Å². The number of aliphatic carboxylic acids is 1. The normalized spacial score (nSPS) is 18.9. The quantitative estimate of drug-likeness (QED) is 0.909. The Morgan fingerprint density at radius 1 is 1.35 bits per heavy atom. The molecule has 0 saturated carbocycles. The van der Waals surface area contributed by atoms with Gasteiger partial charge in [0.15, 0.2) is 0 Å². The molecule has 2 heterocycles. The zero-order chi connectivity index (χ0) is 15.0. The topological polar surface area (TPSA) is 53.4 Å². The van der Waals surface area contributed by atoms with Gasteiger partial charge in [-0.2, -0.15) is 13.2 Å². The van der Waals surface area contributed by atoms with Crippen LogP contribution in [0.3, 0.4) is 0 Å². The Balaban J connectivity index is 2.06. The number of anilines is 1. The largest absolute Gasteiger partial charge is 0.481 e. The minimum absolute atomic E-state index is 0.449. The third-order valence-electron chi connectivity index (χ3n) is 3.78. The van der Waals surface area contributed by atoms with E-state index in [9.17, 15) is 18.0 Å². The number of nitrogens with zero attached hydrogens (tertiary/aromatic N) is 2. The fraction of sp³-hybridized carbons (Fsp3) is 0.538. The predicted molar refractivity (Wildman–Crippen MR) is 66.4 cm³/mol. The maximum atomic E-state index is 12.4. The molecule has 0 aromatic carbocycles. The van der Waals surface area contributed by atoms with Crippen LogP contribution in [-0.2, 0) is 11.0 Å². The second kappa shape index (κ2) is 4.96. The second-order valence-corrected chi connectivity index (χ2v) is 5.26. The van der Waals surface area contributed by atoms with Crippen molar-refractivity contribution < 1.29 is 23.1 Å². The van der Waals surface area contributed by atoms with Crippen molar-refractivity contribution >= 4 is 11.8 Å². The Bertz CT molecular complexity index is 491. The van der Waals surface area contributed by atoms with Gasteiger partial charge in [-0.05, 0) is 31.9 Å². The molecule has 0 bridgehead atoms. The van der Waals surface area contributed by atoms with E-state index < -0.39 is 23.1 Å². The van der Waals surface area contributed by atoms with E-state index in [1.807, 2.05) is 4.90 Å². The molecule has 1 N–H and O–H groups in total. The first-order valence-electron chi connectivity index (χ1n) is 6.24. The molecule has 110 valence electrons. The predicted octanol–water partition coefficient (Wildman–Crippen LogP) is 2.79. The number of hydrogen-bond donors (Lipinski definition) is 1. The molecular formula is C13H15F3N2O2. The SMILES string of the molecule is CC1(C(=O)O)CCN(c2ccc(C(F)(F)F)cn2)CC1. The summed E-state index contributed by atoms with van der Waals surface area (Å²) in [4.78, 5) is 16.7. The summed E-state index contributed by atoms with van der Waals surface area (Å²) >= 11 is 0. The number of rotatable bonds is 2. The van der Waals surface area contributed by atoms with Gasteiger partial charge in [0, 0.05) is 19.3 Å². The average molecular weight is 288 g/mol. The molecule has 2 rings (SSSR count). The molecule has 1 aliphatic rings. The van der Waals surface area contributed by atoms with Gasteiger partial charge in [0.2, 0.25) is 0 Å². The van der Waals surface area contributed by atoms with Crippen LogP contribution in [0.2, 0.25) is 0 Å². The number of alkyl halides is 3. The lowest BCUT2D eigenvalue weighted by Crippen LogP contribution is -2.43. The van der Waals surface area contributed by atoms with Crippen molar-refractivity contribution in [3.8, 4) is 0 Å². The minimum Gasteiger partial charge on any atom is -0.481 e. The molecule has 0 radical (unpaired) electrons. The Hall–Kier alpha value is -1.79. The van der Waals surface area contributed by atoms with Gasteiger partial charge in [0.25, 0.3) is 0 Å². The van der Waals surface area contributed by atoms with E-state index in [0.29, 0.717) is 31.7 Å². The molecule has 0 amide bonds. The minimum atomic E-state index is -4.39. The lowest BCUT2D eigenvalue weighted by Gasteiger charge is -2.37. The summed E-state index contributed by atoms with van der Waals surface area (Å²) in [5, 5.41) is 9.12. The number of carboxylic acid groups (broad SMARTS) is 1. The Labute approximate surface area is 114 Å². The fourth-order valence-corrected chi connectivity index (χ4v) is 2.18. The first-order chi connectivity index (χ1) is 9.22. The van der Waals surface area contributed by atoms with Gasteiger partial charge < -0.3 is 10.0 Å². The molecule has 0 atom stereocenters. The summed E-state index contributed by atoms with van der Waals surface area (Å²) in [5.74, 6) is -0.386. The van der Waals surface area contributed by atoms with Crippen molar-refractivity contribution in [3.63, 3.8) is 0 Å². The van der Waals surface area contributed by atoms with Gasteiger partial charge in [-0.25, -0.2) is 4.98 Å². The third kappa shape index (κ3) is 2.86. The first kappa shape index (κ1) is 14.6. The van der Waals surface area contributed by atoms with Crippen molar-refractivity contribution in [3.05, 3.63) is 23.9 Å². The highest BCUT2D eigenvalue weighted by molar-refractivity contribution is 5.74. The molecule has 20 heavy (non-hydrogen) atoms. The number of halogens is 3. The summed E-state index contributed by atoms with van der Waals surface area (Å²) in [6.45, 7) is 2.63. The number of piperidine rings is 1. The lowest BCUT2D eigenvalue weighted by atomic mass is 9.80. The summed E-state index contributed by atoms with van der Waals surface area (Å²) in [6, 6.07) is 2.32. The number of carbonyl (C=O) groups is 1. The summed E-state index contributed by atoms with van der Waals surface area (Å²) in [5.41, 5.74) is -1.55.